The lowest BCUT2D eigenvalue weighted by Crippen LogP contribution is -2.45. The van der Waals surface area contributed by atoms with E-state index in [-0.39, 0.29) is 5.91 Å². The molecule has 0 unspecified atom stereocenters. The van der Waals surface area contributed by atoms with E-state index in [4.69, 9.17) is 4.42 Å². The van der Waals surface area contributed by atoms with Crippen LogP contribution in [0.4, 0.5) is 5.82 Å². The summed E-state index contributed by atoms with van der Waals surface area (Å²) in [4.78, 5) is 30.7. The lowest BCUT2D eigenvalue weighted by atomic mass is 10.2. The predicted molar refractivity (Wildman–Crippen MR) is 113 cm³/mol. The number of thiazole rings is 1. The van der Waals surface area contributed by atoms with Crippen LogP contribution in [0.2, 0.25) is 0 Å². The van der Waals surface area contributed by atoms with E-state index in [1.807, 2.05) is 18.4 Å². The van der Waals surface area contributed by atoms with Gasteiger partial charge in [-0.05, 0) is 20.0 Å². The van der Waals surface area contributed by atoms with Crippen LogP contribution >= 0.6 is 11.3 Å². The summed E-state index contributed by atoms with van der Waals surface area (Å²) in [7, 11) is 2.12. The number of rotatable bonds is 6. The van der Waals surface area contributed by atoms with Gasteiger partial charge < -0.3 is 19.5 Å². The van der Waals surface area contributed by atoms with Crippen molar-refractivity contribution in [1.29, 1.82) is 0 Å². The van der Waals surface area contributed by atoms with Crippen molar-refractivity contribution in [2.75, 3.05) is 45.1 Å². The molecule has 1 N–H and O–H groups in total. The van der Waals surface area contributed by atoms with Gasteiger partial charge in [-0.25, -0.2) is 15.0 Å². The van der Waals surface area contributed by atoms with Crippen LogP contribution in [0, 0.1) is 6.92 Å². The second-order valence-corrected chi connectivity index (χ2v) is 8.03. The van der Waals surface area contributed by atoms with E-state index in [2.05, 4.69) is 37.1 Å². The molecule has 0 saturated carbocycles. The molecule has 0 atom stereocenters. The number of carbonyl (C=O) groups excluding carboxylic acids is 1. The quantitative estimate of drug-likeness (QED) is 0.666. The van der Waals surface area contributed by atoms with E-state index in [1.54, 1.807) is 18.5 Å². The first-order chi connectivity index (χ1) is 14.1. The fourth-order valence-corrected chi connectivity index (χ4v) is 3.84. The molecule has 3 aromatic heterocycles. The third-order valence-electron chi connectivity index (χ3n) is 5.00. The molecular weight excluding hydrogens is 388 g/mol. The maximum absolute atomic E-state index is 12.5. The van der Waals surface area contributed by atoms with Crippen LogP contribution in [0.5, 0.6) is 0 Å². The molecule has 0 radical (unpaired) electrons. The summed E-state index contributed by atoms with van der Waals surface area (Å²) in [6.07, 6.45) is 3.78. The number of aromatic nitrogens is 3. The summed E-state index contributed by atoms with van der Waals surface area (Å²) in [5.41, 5.74) is 1.48. The van der Waals surface area contributed by atoms with Gasteiger partial charge in [0.1, 0.15) is 22.3 Å². The molecule has 4 heterocycles. The minimum Gasteiger partial charge on any atom is -0.469 e. The number of hydrogen-bond donors (Lipinski definition) is 1. The summed E-state index contributed by atoms with van der Waals surface area (Å²) < 4.78 is 5.39. The summed E-state index contributed by atoms with van der Waals surface area (Å²) in [6, 6.07) is 3.60. The van der Waals surface area contributed by atoms with Crippen LogP contribution in [0.3, 0.4) is 0 Å². The number of anilines is 1. The Hall–Kier alpha value is -2.62. The SMILES string of the molecule is Cc1occc1-c1nc(NC(=O)CCN2CCN(C)CC2)cc(-c2nccs2)n1. The molecule has 0 bridgehead atoms. The predicted octanol–water partition coefficient (Wildman–Crippen LogP) is 2.74. The fourth-order valence-electron chi connectivity index (χ4n) is 3.24. The highest BCUT2D eigenvalue weighted by atomic mass is 32.1. The van der Waals surface area contributed by atoms with Crippen molar-refractivity contribution in [3.8, 4) is 22.1 Å². The van der Waals surface area contributed by atoms with Crippen molar-refractivity contribution in [3.63, 3.8) is 0 Å². The number of nitrogens with one attached hydrogen (secondary N) is 1. The Bertz CT molecular complexity index is 963. The summed E-state index contributed by atoms with van der Waals surface area (Å²) >= 11 is 1.49. The Labute approximate surface area is 173 Å². The molecule has 1 saturated heterocycles. The Kier molecular flexibility index (Phi) is 5.98. The first-order valence-electron chi connectivity index (χ1n) is 9.62. The van der Waals surface area contributed by atoms with Crippen LogP contribution in [0.1, 0.15) is 12.2 Å². The number of furan rings is 1. The molecule has 1 fully saturated rings. The van der Waals surface area contributed by atoms with Gasteiger partial charge in [0, 0.05) is 56.8 Å². The lowest BCUT2D eigenvalue weighted by Gasteiger charge is -2.32. The number of nitrogens with zero attached hydrogens (tertiary/aromatic N) is 5. The smallest absolute Gasteiger partial charge is 0.226 e. The van der Waals surface area contributed by atoms with Crippen LogP contribution in [-0.4, -0.2) is 70.4 Å². The normalized spacial score (nSPS) is 15.5. The fraction of sp³-hybridized carbons (Fsp3) is 0.400. The highest BCUT2D eigenvalue weighted by Gasteiger charge is 2.17. The lowest BCUT2D eigenvalue weighted by molar-refractivity contribution is -0.116. The number of piperazine rings is 1. The maximum Gasteiger partial charge on any atom is 0.226 e. The van der Waals surface area contributed by atoms with Gasteiger partial charge in [0.15, 0.2) is 5.82 Å². The van der Waals surface area contributed by atoms with Gasteiger partial charge in [-0.3, -0.25) is 4.79 Å². The molecule has 3 aromatic rings. The first kappa shape index (κ1) is 19.7. The molecule has 9 heteroatoms. The highest BCUT2D eigenvalue weighted by Crippen LogP contribution is 2.27. The van der Waals surface area contributed by atoms with Crippen molar-refractivity contribution in [2.24, 2.45) is 0 Å². The molecule has 8 nitrogen and oxygen atoms in total. The van der Waals surface area contributed by atoms with E-state index in [9.17, 15) is 4.79 Å². The minimum atomic E-state index is -0.0532. The number of likely N-dealkylation sites (N-methyl/N-ethyl adjacent to an activating group) is 1. The van der Waals surface area contributed by atoms with E-state index in [0.717, 1.165) is 49.1 Å². The highest BCUT2D eigenvalue weighted by molar-refractivity contribution is 7.13. The van der Waals surface area contributed by atoms with E-state index < -0.39 is 0 Å². The van der Waals surface area contributed by atoms with Gasteiger partial charge in [-0.15, -0.1) is 11.3 Å². The van der Waals surface area contributed by atoms with Crippen molar-refractivity contribution < 1.29 is 9.21 Å². The molecule has 29 heavy (non-hydrogen) atoms. The summed E-state index contributed by atoms with van der Waals surface area (Å²) in [6.45, 7) is 6.68. The van der Waals surface area contributed by atoms with Gasteiger partial charge in [0.2, 0.25) is 5.91 Å². The van der Waals surface area contributed by atoms with Crippen LogP contribution in [0.25, 0.3) is 22.1 Å². The average molecular weight is 413 g/mol. The van der Waals surface area contributed by atoms with Crippen LogP contribution < -0.4 is 5.32 Å². The van der Waals surface area contributed by atoms with Gasteiger partial charge in [0.25, 0.3) is 0 Å². The van der Waals surface area contributed by atoms with Crippen molar-refractivity contribution in [1.82, 2.24) is 24.8 Å². The minimum absolute atomic E-state index is 0.0532. The zero-order chi connectivity index (χ0) is 20.2. The first-order valence-corrected chi connectivity index (χ1v) is 10.5. The van der Waals surface area contributed by atoms with E-state index in [0.29, 0.717) is 23.8 Å². The molecule has 1 amide bonds. The van der Waals surface area contributed by atoms with Crippen LogP contribution in [-0.2, 0) is 4.79 Å². The Balaban J connectivity index is 1.49. The Morgan fingerprint density at radius 2 is 2.10 bits per heavy atom. The van der Waals surface area contributed by atoms with Crippen molar-refractivity contribution >= 4 is 23.1 Å². The Morgan fingerprint density at radius 3 is 2.79 bits per heavy atom. The number of amides is 1. The van der Waals surface area contributed by atoms with Gasteiger partial charge >= 0.3 is 0 Å². The average Bonchev–Trinajstić information content (AvgIpc) is 3.39. The molecule has 0 aliphatic carbocycles. The second kappa shape index (κ2) is 8.81. The van der Waals surface area contributed by atoms with Crippen LogP contribution in [0.15, 0.2) is 34.4 Å². The topological polar surface area (TPSA) is 87.4 Å². The summed E-state index contributed by atoms with van der Waals surface area (Å²) in [5, 5.41) is 5.61. The molecule has 1 aliphatic rings. The molecule has 4 rings (SSSR count). The standard InChI is InChI=1S/C20H24N6O2S/c1-14-15(4-11-28-14)19-22-16(20-21-5-12-29-20)13-17(24-19)23-18(27)3-6-26-9-7-25(2)8-10-26/h4-5,11-13H,3,6-10H2,1-2H3,(H,22,23,24,27). The van der Waals surface area contributed by atoms with Gasteiger partial charge in [-0.1, -0.05) is 0 Å². The van der Waals surface area contributed by atoms with Crippen molar-refractivity contribution in [3.05, 3.63) is 35.7 Å². The number of aryl methyl sites for hydroxylation is 1. The monoisotopic (exact) mass is 412 g/mol. The molecule has 152 valence electrons. The Morgan fingerprint density at radius 1 is 1.28 bits per heavy atom. The molecule has 0 aromatic carbocycles. The second-order valence-electron chi connectivity index (χ2n) is 7.13. The molecule has 0 spiro atoms. The molecule has 1 aliphatic heterocycles. The summed E-state index contributed by atoms with van der Waals surface area (Å²) in [5.74, 6) is 1.67. The third kappa shape index (κ3) is 4.87. The van der Waals surface area contributed by atoms with E-state index in [1.165, 1.54) is 11.3 Å². The number of hydrogen-bond acceptors (Lipinski definition) is 8. The number of carbonyl (C=O) groups is 1. The zero-order valence-electron chi connectivity index (χ0n) is 16.6. The van der Waals surface area contributed by atoms with Crippen molar-refractivity contribution in [2.45, 2.75) is 13.3 Å². The van der Waals surface area contributed by atoms with E-state index >= 15 is 0 Å². The largest absolute Gasteiger partial charge is 0.469 e. The zero-order valence-corrected chi connectivity index (χ0v) is 17.4. The van der Waals surface area contributed by atoms with Gasteiger partial charge in [-0.2, -0.15) is 0 Å². The third-order valence-corrected chi connectivity index (χ3v) is 5.79. The molecular formula is C20H24N6O2S. The maximum atomic E-state index is 12.5. The van der Waals surface area contributed by atoms with Gasteiger partial charge in [0.05, 0.1) is 11.8 Å².